The van der Waals surface area contributed by atoms with E-state index >= 15 is 0 Å². The van der Waals surface area contributed by atoms with Crippen LogP contribution >= 0.6 is 0 Å². The summed E-state index contributed by atoms with van der Waals surface area (Å²) in [5.41, 5.74) is -0.375. The molecule has 0 aliphatic carbocycles. The Hall–Kier alpha value is -3.10. The Labute approximate surface area is 171 Å². The molecule has 1 fully saturated rings. The molecule has 0 bridgehead atoms. The van der Waals surface area contributed by atoms with Crippen molar-refractivity contribution in [2.24, 2.45) is 0 Å². The Morgan fingerprint density at radius 3 is 2.30 bits per heavy atom. The number of methoxy groups -OCH3 is 1. The summed E-state index contributed by atoms with van der Waals surface area (Å²) in [7, 11) is 1.51. The van der Waals surface area contributed by atoms with Crippen LogP contribution in [0.4, 0.5) is 13.2 Å². The molecule has 9 heteroatoms. The number of ether oxygens (including phenoxy) is 1. The predicted molar refractivity (Wildman–Crippen MR) is 104 cm³/mol. The quantitative estimate of drug-likeness (QED) is 0.631. The zero-order valence-electron chi connectivity index (χ0n) is 16.4. The molecule has 158 valence electrons. The largest absolute Gasteiger partial charge is 0.497 e. The van der Waals surface area contributed by atoms with Crippen molar-refractivity contribution in [2.45, 2.75) is 31.9 Å². The zero-order valence-corrected chi connectivity index (χ0v) is 16.4. The molecule has 4 rings (SSSR count). The Morgan fingerprint density at radius 2 is 1.70 bits per heavy atom. The lowest BCUT2D eigenvalue weighted by Gasteiger charge is -2.18. The van der Waals surface area contributed by atoms with Crippen molar-refractivity contribution in [2.75, 3.05) is 20.2 Å². The van der Waals surface area contributed by atoms with Gasteiger partial charge in [0, 0.05) is 24.7 Å². The van der Waals surface area contributed by atoms with Gasteiger partial charge in [-0.3, -0.25) is 4.79 Å². The molecule has 0 atom stereocenters. The number of hydrogen-bond acceptors (Lipinski definition) is 4. The van der Waals surface area contributed by atoms with Crippen LogP contribution in [0.3, 0.4) is 0 Å². The summed E-state index contributed by atoms with van der Waals surface area (Å²) < 4.78 is 47.0. The number of likely N-dealkylation sites (tertiary alicyclic amines) is 1. The molecular formula is C21H21F3N4O2. The fraction of sp³-hybridized carbons (Fsp3) is 0.381. The third-order valence-corrected chi connectivity index (χ3v) is 5.22. The minimum atomic E-state index is -4.66. The number of hydrogen-bond donors (Lipinski definition) is 0. The van der Waals surface area contributed by atoms with Crippen molar-refractivity contribution in [3.8, 4) is 17.0 Å². The van der Waals surface area contributed by atoms with Crippen LogP contribution in [0, 0.1) is 0 Å². The molecule has 1 aromatic carbocycles. The zero-order chi connectivity index (χ0) is 21.3. The number of aromatic nitrogens is 3. The SMILES string of the molecule is COc1ccc(-c2cc(C(F)(F)F)n3nc(C(=O)N4CCCCCC4)cc3n2)cc1. The van der Waals surface area contributed by atoms with Crippen LogP contribution < -0.4 is 4.74 Å². The third kappa shape index (κ3) is 3.96. The second-order valence-corrected chi connectivity index (χ2v) is 7.26. The molecule has 0 N–H and O–H groups in total. The van der Waals surface area contributed by atoms with Gasteiger partial charge in [0.1, 0.15) is 5.75 Å². The van der Waals surface area contributed by atoms with E-state index in [0.717, 1.165) is 31.7 Å². The average Bonchev–Trinajstić information content (AvgIpc) is 2.97. The summed E-state index contributed by atoms with van der Waals surface area (Å²) in [6.07, 6.45) is -0.809. The van der Waals surface area contributed by atoms with Crippen LogP contribution in [0.25, 0.3) is 16.9 Å². The lowest BCUT2D eigenvalue weighted by atomic mass is 10.1. The highest BCUT2D eigenvalue weighted by Crippen LogP contribution is 2.33. The van der Waals surface area contributed by atoms with Crippen molar-refractivity contribution >= 4 is 11.6 Å². The Bertz CT molecular complexity index is 1050. The van der Waals surface area contributed by atoms with Crippen LogP contribution in [-0.4, -0.2) is 45.6 Å². The number of alkyl halides is 3. The number of halogens is 3. The maximum Gasteiger partial charge on any atom is 0.433 e. The molecule has 30 heavy (non-hydrogen) atoms. The third-order valence-electron chi connectivity index (χ3n) is 5.22. The van der Waals surface area contributed by atoms with E-state index in [0.29, 0.717) is 28.9 Å². The van der Waals surface area contributed by atoms with Gasteiger partial charge >= 0.3 is 6.18 Å². The van der Waals surface area contributed by atoms with Crippen LogP contribution in [0.15, 0.2) is 36.4 Å². The van der Waals surface area contributed by atoms with Crippen LogP contribution in [0.2, 0.25) is 0 Å². The first-order valence-electron chi connectivity index (χ1n) is 9.78. The van der Waals surface area contributed by atoms with Crippen LogP contribution in [-0.2, 0) is 6.18 Å². The van der Waals surface area contributed by atoms with Gasteiger partial charge in [0.05, 0.1) is 12.8 Å². The second-order valence-electron chi connectivity index (χ2n) is 7.26. The number of nitrogens with zero attached hydrogens (tertiary/aromatic N) is 4. The molecule has 6 nitrogen and oxygen atoms in total. The van der Waals surface area contributed by atoms with Crippen LogP contribution in [0.1, 0.15) is 41.9 Å². The van der Waals surface area contributed by atoms with Gasteiger partial charge < -0.3 is 9.64 Å². The predicted octanol–water partition coefficient (Wildman–Crippen LogP) is 4.44. The monoisotopic (exact) mass is 418 g/mol. The normalized spacial score (nSPS) is 15.3. The lowest BCUT2D eigenvalue weighted by molar-refractivity contribution is -0.142. The number of amides is 1. The smallest absolute Gasteiger partial charge is 0.433 e. The van der Waals surface area contributed by atoms with Gasteiger partial charge in [0.25, 0.3) is 5.91 Å². The number of benzene rings is 1. The summed E-state index contributed by atoms with van der Waals surface area (Å²) in [5, 5.41) is 3.97. The summed E-state index contributed by atoms with van der Waals surface area (Å²) in [4.78, 5) is 18.8. The van der Waals surface area contributed by atoms with Crippen LogP contribution in [0.5, 0.6) is 5.75 Å². The molecule has 3 heterocycles. The van der Waals surface area contributed by atoms with Crippen molar-refractivity contribution in [1.82, 2.24) is 19.5 Å². The van der Waals surface area contributed by atoms with Gasteiger partial charge in [0.2, 0.25) is 0 Å². The molecule has 0 unspecified atom stereocenters. The number of rotatable bonds is 3. The van der Waals surface area contributed by atoms with E-state index in [-0.39, 0.29) is 22.9 Å². The van der Waals surface area contributed by atoms with E-state index < -0.39 is 11.9 Å². The fourth-order valence-electron chi connectivity index (χ4n) is 3.63. The van der Waals surface area contributed by atoms with Gasteiger partial charge in [0.15, 0.2) is 17.0 Å². The molecule has 2 aromatic heterocycles. The minimum absolute atomic E-state index is 0.0196. The lowest BCUT2D eigenvalue weighted by Crippen LogP contribution is -2.32. The maximum absolute atomic E-state index is 13.7. The molecule has 1 aliphatic rings. The first-order chi connectivity index (χ1) is 14.4. The highest BCUT2D eigenvalue weighted by Gasteiger charge is 2.36. The highest BCUT2D eigenvalue weighted by molar-refractivity contribution is 5.93. The summed E-state index contributed by atoms with van der Waals surface area (Å²) >= 11 is 0. The van der Waals surface area contributed by atoms with E-state index in [2.05, 4.69) is 10.1 Å². The minimum Gasteiger partial charge on any atom is -0.497 e. The molecule has 1 amide bonds. The molecule has 3 aromatic rings. The summed E-state index contributed by atoms with van der Waals surface area (Å²) in [5.74, 6) is 0.229. The summed E-state index contributed by atoms with van der Waals surface area (Å²) in [6.45, 7) is 1.17. The maximum atomic E-state index is 13.7. The van der Waals surface area contributed by atoms with E-state index in [1.165, 1.54) is 13.2 Å². The van der Waals surface area contributed by atoms with Gasteiger partial charge in [-0.05, 0) is 43.2 Å². The Morgan fingerprint density at radius 1 is 1.03 bits per heavy atom. The Balaban J connectivity index is 1.78. The molecule has 1 aliphatic heterocycles. The first kappa shape index (κ1) is 20.2. The average molecular weight is 418 g/mol. The van der Waals surface area contributed by atoms with E-state index in [9.17, 15) is 18.0 Å². The van der Waals surface area contributed by atoms with E-state index in [1.54, 1.807) is 29.2 Å². The number of fused-ring (bicyclic) bond motifs is 1. The topological polar surface area (TPSA) is 59.7 Å². The first-order valence-corrected chi connectivity index (χ1v) is 9.78. The van der Waals surface area contributed by atoms with Crippen molar-refractivity contribution in [1.29, 1.82) is 0 Å². The molecular weight excluding hydrogens is 397 g/mol. The molecule has 0 saturated carbocycles. The van der Waals surface area contributed by atoms with Gasteiger partial charge in [-0.25, -0.2) is 9.50 Å². The second kappa shape index (κ2) is 7.97. The molecule has 0 radical (unpaired) electrons. The number of carbonyl (C=O) groups excluding carboxylic acids is 1. The molecule has 1 saturated heterocycles. The summed E-state index contributed by atoms with van der Waals surface area (Å²) in [6, 6.07) is 8.85. The fourth-order valence-corrected chi connectivity index (χ4v) is 3.63. The van der Waals surface area contributed by atoms with E-state index in [1.807, 2.05) is 0 Å². The van der Waals surface area contributed by atoms with Gasteiger partial charge in [-0.1, -0.05) is 12.8 Å². The Kier molecular flexibility index (Phi) is 5.36. The van der Waals surface area contributed by atoms with E-state index in [4.69, 9.17) is 4.74 Å². The molecule has 0 spiro atoms. The highest BCUT2D eigenvalue weighted by atomic mass is 19.4. The van der Waals surface area contributed by atoms with Gasteiger partial charge in [-0.2, -0.15) is 18.3 Å². The van der Waals surface area contributed by atoms with Crippen molar-refractivity contribution < 1.29 is 22.7 Å². The standard InChI is InChI=1S/C21H21F3N4O2/c1-30-15-8-6-14(7-9-15)16-12-18(21(22,23)24)28-19(25-16)13-17(26-28)20(29)27-10-4-2-3-5-11-27/h6-9,12-13H,2-5,10-11H2,1H3. The number of carbonyl (C=O) groups is 1. The van der Waals surface area contributed by atoms with Crippen molar-refractivity contribution in [3.05, 3.63) is 47.8 Å². The van der Waals surface area contributed by atoms with Crippen molar-refractivity contribution in [3.63, 3.8) is 0 Å². The van der Waals surface area contributed by atoms with Gasteiger partial charge in [-0.15, -0.1) is 0 Å².